The van der Waals surface area contributed by atoms with Crippen LogP contribution in [-0.4, -0.2) is 36.9 Å². The van der Waals surface area contributed by atoms with Gasteiger partial charge in [0.1, 0.15) is 24.7 Å². The highest BCUT2D eigenvalue weighted by Gasteiger charge is 2.18. The van der Waals surface area contributed by atoms with Crippen LogP contribution in [0.15, 0.2) is 78.9 Å². The Balaban J connectivity index is 1.63. The SMILES string of the molecule is CCN(CC(=O)Nc1ccccc1OC)C(=O)c1cccc(OCc2ccccc2)c1. The Labute approximate surface area is 182 Å². The van der Waals surface area contributed by atoms with Crippen LogP contribution in [0.25, 0.3) is 0 Å². The molecule has 0 saturated heterocycles. The number of ether oxygens (including phenoxy) is 2. The molecule has 0 atom stereocenters. The van der Waals surface area contributed by atoms with E-state index in [2.05, 4.69) is 5.32 Å². The van der Waals surface area contributed by atoms with Crippen molar-refractivity contribution in [2.24, 2.45) is 0 Å². The lowest BCUT2D eigenvalue weighted by atomic mass is 10.2. The van der Waals surface area contributed by atoms with E-state index >= 15 is 0 Å². The molecule has 3 aromatic rings. The van der Waals surface area contributed by atoms with E-state index in [4.69, 9.17) is 9.47 Å². The van der Waals surface area contributed by atoms with Crippen LogP contribution in [0, 0.1) is 0 Å². The van der Waals surface area contributed by atoms with E-state index in [0.29, 0.717) is 35.9 Å². The third-order valence-corrected chi connectivity index (χ3v) is 4.71. The lowest BCUT2D eigenvalue weighted by Gasteiger charge is -2.21. The summed E-state index contributed by atoms with van der Waals surface area (Å²) in [5, 5.41) is 2.80. The second-order valence-corrected chi connectivity index (χ2v) is 6.87. The molecule has 6 nitrogen and oxygen atoms in total. The molecule has 0 radical (unpaired) electrons. The molecule has 0 spiro atoms. The number of para-hydroxylation sites is 2. The fourth-order valence-electron chi connectivity index (χ4n) is 3.08. The number of likely N-dealkylation sites (N-methyl/N-ethyl adjacent to an activating group) is 1. The molecule has 0 aromatic heterocycles. The van der Waals surface area contributed by atoms with Gasteiger partial charge in [0.2, 0.25) is 5.91 Å². The molecule has 0 bridgehead atoms. The van der Waals surface area contributed by atoms with Crippen LogP contribution in [0.5, 0.6) is 11.5 Å². The van der Waals surface area contributed by atoms with Crippen molar-refractivity contribution in [1.82, 2.24) is 4.90 Å². The number of amides is 2. The molecule has 1 N–H and O–H groups in total. The highest BCUT2D eigenvalue weighted by molar-refractivity contribution is 6.00. The lowest BCUT2D eigenvalue weighted by Crippen LogP contribution is -2.37. The molecule has 31 heavy (non-hydrogen) atoms. The Morgan fingerprint density at radius 3 is 2.42 bits per heavy atom. The maximum Gasteiger partial charge on any atom is 0.254 e. The molecule has 6 heteroatoms. The topological polar surface area (TPSA) is 67.9 Å². The zero-order valence-corrected chi connectivity index (χ0v) is 17.7. The number of rotatable bonds is 9. The third-order valence-electron chi connectivity index (χ3n) is 4.71. The summed E-state index contributed by atoms with van der Waals surface area (Å²) in [6, 6.07) is 24.0. The molecule has 0 aliphatic rings. The molecule has 0 aliphatic heterocycles. The summed E-state index contributed by atoms with van der Waals surface area (Å²) in [4.78, 5) is 27.0. The number of anilines is 1. The van der Waals surface area contributed by atoms with Gasteiger partial charge in [0, 0.05) is 12.1 Å². The summed E-state index contributed by atoms with van der Waals surface area (Å²) in [7, 11) is 1.54. The molecule has 0 fully saturated rings. The number of hydrogen-bond acceptors (Lipinski definition) is 4. The number of carbonyl (C=O) groups is 2. The molecule has 0 unspecified atom stereocenters. The average Bonchev–Trinajstić information content (AvgIpc) is 2.82. The smallest absolute Gasteiger partial charge is 0.254 e. The van der Waals surface area contributed by atoms with E-state index in [1.165, 1.54) is 4.90 Å². The normalized spacial score (nSPS) is 10.3. The van der Waals surface area contributed by atoms with Gasteiger partial charge in [-0.25, -0.2) is 0 Å². The van der Waals surface area contributed by atoms with Gasteiger partial charge in [-0.15, -0.1) is 0 Å². The van der Waals surface area contributed by atoms with E-state index in [1.54, 1.807) is 37.4 Å². The minimum absolute atomic E-state index is 0.0670. The van der Waals surface area contributed by atoms with Crippen molar-refractivity contribution in [1.29, 1.82) is 0 Å². The number of methoxy groups -OCH3 is 1. The summed E-state index contributed by atoms with van der Waals surface area (Å²) in [6.45, 7) is 2.58. The number of carbonyl (C=O) groups excluding carboxylic acids is 2. The van der Waals surface area contributed by atoms with Crippen molar-refractivity contribution in [3.05, 3.63) is 90.0 Å². The fourth-order valence-corrected chi connectivity index (χ4v) is 3.08. The van der Waals surface area contributed by atoms with E-state index < -0.39 is 0 Å². The first-order chi connectivity index (χ1) is 15.1. The van der Waals surface area contributed by atoms with Crippen molar-refractivity contribution in [2.75, 3.05) is 25.5 Å². The lowest BCUT2D eigenvalue weighted by molar-refractivity contribution is -0.116. The van der Waals surface area contributed by atoms with Gasteiger partial charge in [-0.05, 0) is 42.8 Å². The van der Waals surface area contributed by atoms with Crippen molar-refractivity contribution >= 4 is 17.5 Å². The van der Waals surface area contributed by atoms with Gasteiger partial charge in [0.25, 0.3) is 5.91 Å². The maximum absolute atomic E-state index is 13.0. The van der Waals surface area contributed by atoms with Gasteiger partial charge in [0.05, 0.1) is 12.8 Å². The average molecular weight is 418 g/mol. The highest BCUT2D eigenvalue weighted by Crippen LogP contribution is 2.23. The summed E-state index contributed by atoms with van der Waals surface area (Å²) in [5.41, 5.74) is 2.08. The Morgan fingerprint density at radius 1 is 0.935 bits per heavy atom. The van der Waals surface area contributed by atoms with E-state index in [-0.39, 0.29) is 18.4 Å². The minimum Gasteiger partial charge on any atom is -0.495 e. The van der Waals surface area contributed by atoms with Crippen LogP contribution in [-0.2, 0) is 11.4 Å². The fraction of sp³-hybridized carbons (Fsp3) is 0.200. The van der Waals surface area contributed by atoms with E-state index in [9.17, 15) is 9.59 Å². The van der Waals surface area contributed by atoms with Gasteiger partial charge in [-0.2, -0.15) is 0 Å². The number of nitrogens with zero attached hydrogens (tertiary/aromatic N) is 1. The summed E-state index contributed by atoms with van der Waals surface area (Å²) in [5.74, 6) is 0.636. The first-order valence-electron chi connectivity index (χ1n) is 10.1. The largest absolute Gasteiger partial charge is 0.495 e. The van der Waals surface area contributed by atoms with Crippen LogP contribution < -0.4 is 14.8 Å². The number of hydrogen-bond donors (Lipinski definition) is 1. The van der Waals surface area contributed by atoms with Crippen LogP contribution in [0.3, 0.4) is 0 Å². The van der Waals surface area contributed by atoms with Gasteiger partial charge >= 0.3 is 0 Å². The molecule has 0 heterocycles. The van der Waals surface area contributed by atoms with Crippen LogP contribution in [0.1, 0.15) is 22.8 Å². The van der Waals surface area contributed by atoms with Gasteiger partial charge in [0.15, 0.2) is 0 Å². The van der Waals surface area contributed by atoms with Crippen LogP contribution >= 0.6 is 0 Å². The minimum atomic E-state index is -0.295. The van der Waals surface area contributed by atoms with E-state index in [1.807, 2.05) is 55.5 Å². The predicted octanol–water partition coefficient (Wildman–Crippen LogP) is 4.38. The van der Waals surface area contributed by atoms with E-state index in [0.717, 1.165) is 5.56 Å². The third kappa shape index (κ3) is 6.09. The van der Waals surface area contributed by atoms with Gasteiger partial charge in [-0.3, -0.25) is 9.59 Å². The molecule has 2 amide bonds. The standard InChI is InChI=1S/C25H26N2O4/c1-3-27(17-24(28)26-22-14-7-8-15-23(22)30-2)25(29)20-12-9-13-21(16-20)31-18-19-10-5-4-6-11-19/h4-16H,3,17-18H2,1-2H3,(H,26,28). The zero-order valence-electron chi connectivity index (χ0n) is 17.7. The van der Waals surface area contributed by atoms with Crippen LogP contribution in [0.2, 0.25) is 0 Å². The number of nitrogens with one attached hydrogen (secondary N) is 1. The van der Waals surface area contributed by atoms with Gasteiger partial charge < -0.3 is 19.7 Å². The van der Waals surface area contributed by atoms with Crippen molar-refractivity contribution in [3.63, 3.8) is 0 Å². The maximum atomic E-state index is 13.0. The van der Waals surface area contributed by atoms with Gasteiger partial charge in [-0.1, -0.05) is 48.5 Å². The summed E-state index contributed by atoms with van der Waals surface area (Å²) >= 11 is 0. The second-order valence-electron chi connectivity index (χ2n) is 6.87. The molecule has 0 aliphatic carbocycles. The Morgan fingerprint density at radius 2 is 1.68 bits per heavy atom. The number of benzene rings is 3. The predicted molar refractivity (Wildman–Crippen MR) is 120 cm³/mol. The highest BCUT2D eigenvalue weighted by atomic mass is 16.5. The first-order valence-corrected chi connectivity index (χ1v) is 10.1. The molecule has 3 rings (SSSR count). The Hall–Kier alpha value is -3.80. The molecule has 0 saturated carbocycles. The monoisotopic (exact) mass is 418 g/mol. The molecule has 160 valence electrons. The van der Waals surface area contributed by atoms with Crippen molar-refractivity contribution < 1.29 is 19.1 Å². The van der Waals surface area contributed by atoms with Crippen molar-refractivity contribution in [2.45, 2.75) is 13.5 Å². The molecular weight excluding hydrogens is 392 g/mol. The first kappa shape index (κ1) is 21.9. The molecule has 3 aromatic carbocycles. The Kier molecular flexibility index (Phi) is 7.65. The Bertz CT molecular complexity index is 1020. The summed E-state index contributed by atoms with van der Waals surface area (Å²) in [6.07, 6.45) is 0. The van der Waals surface area contributed by atoms with Crippen molar-refractivity contribution in [3.8, 4) is 11.5 Å². The zero-order chi connectivity index (χ0) is 22.1. The molecular formula is C25H26N2O4. The summed E-state index contributed by atoms with van der Waals surface area (Å²) < 4.78 is 11.1. The quantitative estimate of drug-likeness (QED) is 0.560. The second kappa shape index (κ2) is 10.8. The van der Waals surface area contributed by atoms with Crippen LogP contribution in [0.4, 0.5) is 5.69 Å².